The normalized spacial score (nSPS) is 10.5. The summed E-state index contributed by atoms with van der Waals surface area (Å²) in [6, 6.07) is 6.30. The lowest BCUT2D eigenvalue weighted by Gasteiger charge is -2.09. The van der Waals surface area contributed by atoms with Crippen LogP contribution in [-0.4, -0.2) is 5.97 Å². The molecule has 0 saturated heterocycles. The Labute approximate surface area is 125 Å². The van der Waals surface area contributed by atoms with E-state index in [-0.39, 0.29) is 28.4 Å². The van der Waals surface area contributed by atoms with Crippen LogP contribution in [0.5, 0.6) is 0 Å². The van der Waals surface area contributed by atoms with Crippen LogP contribution >= 0.6 is 11.6 Å². The number of nitrogens with two attached hydrogens (primary N) is 1. The number of carbonyl (C=O) groups is 1. The molecule has 0 unspecified atom stereocenters. The van der Waals surface area contributed by atoms with E-state index in [0.29, 0.717) is 5.56 Å². The molecule has 0 amide bonds. The van der Waals surface area contributed by atoms with Crippen molar-refractivity contribution >= 4 is 23.3 Å². The Balaban J connectivity index is 2.17. The standard InChI is InChI=1S/C15H12ClF2NO2/c1-8-4-11(19)6-12(14(8)18)15(20)21-7-9-5-10(17)2-3-13(9)16/h2-6H,7,19H2,1H3. The van der Waals surface area contributed by atoms with Crippen LogP contribution in [0.25, 0.3) is 0 Å². The molecule has 0 aliphatic carbocycles. The van der Waals surface area contributed by atoms with Gasteiger partial charge in [-0.05, 0) is 42.8 Å². The summed E-state index contributed by atoms with van der Waals surface area (Å²) in [4.78, 5) is 11.9. The van der Waals surface area contributed by atoms with E-state index in [1.807, 2.05) is 0 Å². The average molecular weight is 312 g/mol. The number of nitrogen functional groups attached to an aromatic ring is 1. The molecule has 0 spiro atoms. The van der Waals surface area contributed by atoms with Gasteiger partial charge in [0.1, 0.15) is 18.2 Å². The molecule has 0 aromatic heterocycles. The van der Waals surface area contributed by atoms with E-state index in [0.717, 1.165) is 6.07 Å². The van der Waals surface area contributed by atoms with E-state index in [2.05, 4.69) is 0 Å². The van der Waals surface area contributed by atoms with E-state index in [1.54, 1.807) is 0 Å². The number of anilines is 1. The van der Waals surface area contributed by atoms with Gasteiger partial charge in [0.2, 0.25) is 0 Å². The quantitative estimate of drug-likeness (QED) is 0.691. The van der Waals surface area contributed by atoms with Crippen LogP contribution in [0.15, 0.2) is 30.3 Å². The zero-order chi connectivity index (χ0) is 15.6. The number of benzene rings is 2. The van der Waals surface area contributed by atoms with Crippen molar-refractivity contribution in [1.29, 1.82) is 0 Å². The van der Waals surface area contributed by atoms with Gasteiger partial charge in [-0.15, -0.1) is 0 Å². The van der Waals surface area contributed by atoms with Crippen LogP contribution in [0, 0.1) is 18.6 Å². The first kappa shape index (κ1) is 15.3. The van der Waals surface area contributed by atoms with Crippen LogP contribution < -0.4 is 5.73 Å². The molecule has 6 heteroatoms. The number of rotatable bonds is 3. The van der Waals surface area contributed by atoms with E-state index in [4.69, 9.17) is 22.1 Å². The van der Waals surface area contributed by atoms with E-state index in [1.165, 1.54) is 31.2 Å². The monoisotopic (exact) mass is 311 g/mol. The highest BCUT2D eigenvalue weighted by Crippen LogP contribution is 2.21. The zero-order valence-corrected chi connectivity index (χ0v) is 11.9. The number of hydrogen-bond donors (Lipinski definition) is 1. The van der Waals surface area contributed by atoms with Crippen molar-refractivity contribution in [1.82, 2.24) is 0 Å². The fraction of sp³-hybridized carbons (Fsp3) is 0.133. The summed E-state index contributed by atoms with van der Waals surface area (Å²) in [7, 11) is 0. The smallest absolute Gasteiger partial charge is 0.341 e. The molecular weight excluding hydrogens is 300 g/mol. The minimum atomic E-state index is -0.886. The molecule has 0 radical (unpaired) electrons. The second kappa shape index (κ2) is 6.10. The predicted molar refractivity (Wildman–Crippen MR) is 76.1 cm³/mol. The summed E-state index contributed by atoms with van der Waals surface area (Å²) in [5, 5.41) is 0.258. The highest BCUT2D eigenvalue weighted by molar-refractivity contribution is 6.31. The van der Waals surface area contributed by atoms with Gasteiger partial charge in [-0.1, -0.05) is 11.6 Å². The Morgan fingerprint density at radius 3 is 2.71 bits per heavy atom. The van der Waals surface area contributed by atoms with Crippen LogP contribution in [0.1, 0.15) is 21.5 Å². The third kappa shape index (κ3) is 3.49. The van der Waals surface area contributed by atoms with Crippen molar-refractivity contribution in [3.63, 3.8) is 0 Å². The van der Waals surface area contributed by atoms with Crippen molar-refractivity contribution in [3.8, 4) is 0 Å². The molecule has 0 atom stereocenters. The topological polar surface area (TPSA) is 52.3 Å². The lowest BCUT2D eigenvalue weighted by Crippen LogP contribution is -2.10. The molecule has 0 aliphatic rings. The summed E-state index contributed by atoms with van der Waals surface area (Å²) in [6.45, 7) is 1.23. The molecule has 21 heavy (non-hydrogen) atoms. The van der Waals surface area contributed by atoms with Crippen molar-refractivity contribution in [2.75, 3.05) is 5.73 Å². The van der Waals surface area contributed by atoms with E-state index in [9.17, 15) is 13.6 Å². The zero-order valence-electron chi connectivity index (χ0n) is 11.1. The summed E-state index contributed by atoms with van der Waals surface area (Å²) in [6.07, 6.45) is 0. The predicted octanol–water partition coefficient (Wildman–Crippen LogP) is 3.87. The largest absolute Gasteiger partial charge is 0.457 e. The Kier molecular flexibility index (Phi) is 4.43. The first-order chi connectivity index (χ1) is 9.88. The number of aryl methyl sites for hydroxylation is 1. The molecule has 3 nitrogen and oxygen atoms in total. The third-order valence-electron chi connectivity index (χ3n) is 2.86. The molecule has 0 fully saturated rings. The van der Waals surface area contributed by atoms with Gasteiger partial charge in [0.15, 0.2) is 0 Å². The molecule has 2 aromatic carbocycles. The van der Waals surface area contributed by atoms with Crippen LogP contribution in [0.2, 0.25) is 5.02 Å². The van der Waals surface area contributed by atoms with Gasteiger partial charge < -0.3 is 10.5 Å². The Morgan fingerprint density at radius 2 is 2.00 bits per heavy atom. The maximum atomic E-state index is 13.9. The molecule has 2 rings (SSSR count). The van der Waals surface area contributed by atoms with Crippen LogP contribution in [0.3, 0.4) is 0 Å². The number of ether oxygens (including phenoxy) is 1. The summed E-state index contributed by atoms with van der Waals surface area (Å²) in [5.74, 6) is -2.08. The van der Waals surface area contributed by atoms with Gasteiger partial charge in [-0.3, -0.25) is 0 Å². The number of hydrogen-bond acceptors (Lipinski definition) is 3. The molecule has 0 aliphatic heterocycles. The Morgan fingerprint density at radius 1 is 1.29 bits per heavy atom. The van der Waals surface area contributed by atoms with E-state index >= 15 is 0 Å². The Bertz CT molecular complexity index is 704. The van der Waals surface area contributed by atoms with Crippen LogP contribution in [0.4, 0.5) is 14.5 Å². The first-order valence-electron chi connectivity index (χ1n) is 6.05. The lowest BCUT2D eigenvalue weighted by molar-refractivity contribution is 0.0467. The van der Waals surface area contributed by atoms with Gasteiger partial charge >= 0.3 is 5.97 Å². The second-order valence-electron chi connectivity index (χ2n) is 4.51. The first-order valence-corrected chi connectivity index (χ1v) is 6.43. The number of halogens is 3. The molecular formula is C15H12ClF2NO2. The molecule has 2 aromatic rings. The SMILES string of the molecule is Cc1cc(N)cc(C(=O)OCc2cc(F)ccc2Cl)c1F. The fourth-order valence-corrected chi connectivity index (χ4v) is 1.99. The molecule has 2 N–H and O–H groups in total. The maximum Gasteiger partial charge on any atom is 0.341 e. The lowest BCUT2D eigenvalue weighted by atomic mass is 10.1. The number of carbonyl (C=O) groups excluding carboxylic acids is 1. The van der Waals surface area contributed by atoms with Crippen molar-refractivity contribution < 1.29 is 18.3 Å². The summed E-state index contributed by atoms with van der Waals surface area (Å²) in [5.41, 5.74) is 6.10. The third-order valence-corrected chi connectivity index (χ3v) is 3.23. The summed E-state index contributed by atoms with van der Waals surface area (Å²) < 4.78 is 31.9. The van der Waals surface area contributed by atoms with Crippen molar-refractivity contribution in [3.05, 3.63) is 63.7 Å². The minimum Gasteiger partial charge on any atom is -0.457 e. The van der Waals surface area contributed by atoms with Crippen molar-refractivity contribution in [2.24, 2.45) is 0 Å². The highest BCUT2D eigenvalue weighted by atomic mass is 35.5. The highest BCUT2D eigenvalue weighted by Gasteiger charge is 2.16. The molecule has 110 valence electrons. The summed E-state index contributed by atoms with van der Waals surface area (Å²) >= 11 is 5.86. The average Bonchev–Trinajstić information content (AvgIpc) is 2.43. The van der Waals surface area contributed by atoms with Gasteiger partial charge in [-0.25, -0.2) is 13.6 Å². The second-order valence-corrected chi connectivity index (χ2v) is 4.92. The molecule has 0 heterocycles. The molecule has 0 bridgehead atoms. The maximum absolute atomic E-state index is 13.9. The van der Waals surface area contributed by atoms with Crippen molar-refractivity contribution in [2.45, 2.75) is 13.5 Å². The van der Waals surface area contributed by atoms with E-state index < -0.39 is 17.6 Å². The fourth-order valence-electron chi connectivity index (χ4n) is 1.82. The van der Waals surface area contributed by atoms with Gasteiger partial charge in [0, 0.05) is 16.3 Å². The van der Waals surface area contributed by atoms with Gasteiger partial charge in [0.25, 0.3) is 0 Å². The van der Waals surface area contributed by atoms with Gasteiger partial charge in [0.05, 0.1) is 5.56 Å². The molecule has 0 saturated carbocycles. The van der Waals surface area contributed by atoms with Crippen LogP contribution in [-0.2, 0) is 11.3 Å². The minimum absolute atomic E-state index is 0.241. The number of esters is 1. The van der Waals surface area contributed by atoms with Gasteiger partial charge in [-0.2, -0.15) is 0 Å². The Hall–Kier alpha value is -2.14.